The first kappa shape index (κ1) is 53.1. The first-order valence-corrected chi connectivity index (χ1v) is 24.6. The summed E-state index contributed by atoms with van der Waals surface area (Å²) in [6.07, 6.45) is 3.83. The molecule has 2 aromatic carbocycles. The van der Waals surface area contributed by atoms with Gasteiger partial charge in [0.25, 0.3) is 0 Å². The summed E-state index contributed by atoms with van der Waals surface area (Å²) in [6.45, 7) is 14.5. The van der Waals surface area contributed by atoms with Crippen LogP contribution < -0.4 is 24.7 Å². The molecule has 0 radical (unpaired) electrons. The second-order valence-corrected chi connectivity index (χ2v) is 20.8. The van der Waals surface area contributed by atoms with Crippen LogP contribution in [0.15, 0.2) is 71.6 Å². The van der Waals surface area contributed by atoms with E-state index in [1.54, 1.807) is 6.08 Å². The minimum Gasteiger partial charge on any atom is -0.482 e. The Hall–Kier alpha value is -6.22. The number of aliphatic hydroxyl groups is 5. The molecule has 19 heteroatoms. The number of fused-ring (bicyclic) bond motifs is 4. The number of benzene rings is 2. The summed E-state index contributed by atoms with van der Waals surface area (Å²) in [5.74, 6) is -6.24. The van der Waals surface area contributed by atoms with Gasteiger partial charge >= 0.3 is 11.9 Å². The van der Waals surface area contributed by atoms with Crippen LogP contribution in [0.5, 0.6) is 23.0 Å². The van der Waals surface area contributed by atoms with Crippen LogP contribution >= 0.6 is 0 Å². The van der Waals surface area contributed by atoms with Crippen LogP contribution in [0.4, 0.5) is 5.95 Å². The van der Waals surface area contributed by atoms with Gasteiger partial charge in [-0.05, 0) is 110 Å². The molecule has 73 heavy (non-hydrogen) atoms. The highest BCUT2D eigenvalue weighted by Crippen LogP contribution is 2.67. The van der Waals surface area contributed by atoms with E-state index < -0.39 is 108 Å². The van der Waals surface area contributed by atoms with Crippen LogP contribution in [-0.2, 0) is 25.5 Å². The molecule has 3 aromatic rings. The van der Waals surface area contributed by atoms with Crippen molar-refractivity contribution in [3.05, 3.63) is 93.9 Å². The molecule has 6 aliphatic rings. The number of ketones is 2. The van der Waals surface area contributed by atoms with Gasteiger partial charge in [0.2, 0.25) is 12.2 Å². The fraction of sp³-hybridized carbons (Fsp3) is 0.519. The lowest BCUT2D eigenvalue weighted by Crippen LogP contribution is -2.81. The lowest BCUT2D eigenvalue weighted by atomic mass is 9.43. The lowest BCUT2D eigenvalue weighted by Gasteiger charge is -2.66. The predicted octanol–water partition coefficient (Wildman–Crippen LogP) is 4.96. The summed E-state index contributed by atoms with van der Waals surface area (Å²) in [5, 5.41) is 58.7. The molecular weight excluding hydrogens is 945 g/mol. The number of nitrogens with two attached hydrogens (primary N) is 1. The zero-order valence-corrected chi connectivity index (χ0v) is 42.5. The third kappa shape index (κ3) is 9.28. The predicted molar refractivity (Wildman–Crippen MR) is 264 cm³/mol. The maximum absolute atomic E-state index is 16.4. The molecule has 9 rings (SSSR count). The van der Waals surface area contributed by atoms with Gasteiger partial charge in [0, 0.05) is 29.4 Å². The number of carbonyl (C=O) groups excluding carboxylic acids is 4. The zero-order chi connectivity index (χ0) is 53.1. The van der Waals surface area contributed by atoms with E-state index in [1.165, 1.54) is 55.4 Å². The molecule has 392 valence electrons. The fourth-order valence-corrected chi connectivity index (χ4v) is 11.3. The van der Waals surface area contributed by atoms with Crippen molar-refractivity contribution in [3.63, 3.8) is 0 Å². The molecule has 4 fully saturated rings. The monoisotopic (exact) mass is 1010 g/mol. The lowest BCUT2D eigenvalue weighted by molar-refractivity contribution is -0.277. The van der Waals surface area contributed by atoms with Gasteiger partial charge in [-0.2, -0.15) is 0 Å². The first-order chi connectivity index (χ1) is 34.5. The molecular formula is C54H66N4O15. The number of hydrogen-bond acceptors (Lipinski definition) is 18. The maximum Gasteiger partial charge on any atom is 0.343 e. The highest BCUT2D eigenvalue weighted by atomic mass is 16.7. The largest absolute Gasteiger partial charge is 0.482 e. The molecule has 3 aliphatic carbocycles. The summed E-state index contributed by atoms with van der Waals surface area (Å²) in [5.41, 5.74) is 3.41. The van der Waals surface area contributed by atoms with Crippen molar-refractivity contribution < 1.29 is 73.1 Å². The Bertz CT molecular complexity index is 2790. The minimum atomic E-state index is -2.43. The third-order valence-electron chi connectivity index (χ3n) is 15.0. The fourth-order valence-electron chi connectivity index (χ4n) is 11.3. The van der Waals surface area contributed by atoms with E-state index in [1.807, 2.05) is 60.6 Å². The highest BCUT2D eigenvalue weighted by Gasteiger charge is 2.79. The number of nitrogens with zero attached hydrogens (tertiary/aromatic N) is 3. The van der Waals surface area contributed by atoms with Crippen molar-refractivity contribution in [2.75, 3.05) is 19.5 Å². The number of hydrogen-bond donors (Lipinski definition) is 6. The number of rotatable bonds is 15. The Balaban J connectivity index is 1.33. The number of anilines is 1. The van der Waals surface area contributed by atoms with Gasteiger partial charge < -0.3 is 59.7 Å². The molecule has 4 heterocycles. The van der Waals surface area contributed by atoms with Gasteiger partial charge in [0.15, 0.2) is 28.5 Å². The van der Waals surface area contributed by atoms with Gasteiger partial charge in [0.1, 0.15) is 59.2 Å². The Kier molecular flexibility index (Phi) is 14.7. The zero-order valence-electron chi connectivity index (χ0n) is 42.5. The molecule has 1 saturated heterocycles. The van der Waals surface area contributed by atoms with Gasteiger partial charge in [-0.25, -0.2) is 19.3 Å². The number of carbonyl (C=O) groups is 4. The normalized spacial score (nSPS) is 31.1. The Morgan fingerprint density at radius 3 is 2.29 bits per heavy atom. The quantitative estimate of drug-likeness (QED) is 0.0508. The van der Waals surface area contributed by atoms with Crippen LogP contribution in [0, 0.1) is 23.7 Å². The Morgan fingerprint density at radius 2 is 1.67 bits per heavy atom. The molecule has 19 nitrogen and oxygen atoms in total. The average Bonchev–Trinajstić information content (AvgIpc) is 3.79. The number of aliphatic hydroxyl groups excluding tert-OH is 4. The van der Waals surface area contributed by atoms with Crippen LogP contribution in [0.3, 0.4) is 0 Å². The van der Waals surface area contributed by atoms with E-state index >= 15 is 9.59 Å². The SMILES string of the molecule is COC(=O)C(C)=CCC1(O)C(=O)C2CC(C(C)C)C13Oc1c(CC=C(C)C)c4c(c(OC(=O)c5ccc(O[C@H]6O[C@@H](CO)[C@H](O)[C@@H](O)[C@@H]6O)cc5)c1C(=O)C3C2n1cnc(N)n1)C=CC(C)(CCC=C(C)C)O4. The van der Waals surface area contributed by atoms with Crippen molar-refractivity contribution in [1.29, 1.82) is 0 Å². The molecule has 2 bridgehead atoms. The summed E-state index contributed by atoms with van der Waals surface area (Å²) in [4.78, 5) is 63.3. The molecule has 1 aromatic heterocycles. The van der Waals surface area contributed by atoms with E-state index in [0.29, 0.717) is 18.4 Å². The maximum atomic E-state index is 16.4. The second-order valence-electron chi connectivity index (χ2n) is 20.8. The van der Waals surface area contributed by atoms with E-state index in [2.05, 4.69) is 16.2 Å². The van der Waals surface area contributed by atoms with E-state index in [9.17, 15) is 35.1 Å². The number of ether oxygens (including phenoxy) is 6. The number of methoxy groups -OCH3 is 1. The molecule has 7 N–H and O–H groups in total. The highest BCUT2D eigenvalue weighted by molar-refractivity contribution is 6.11. The van der Waals surface area contributed by atoms with Gasteiger partial charge in [-0.15, -0.1) is 5.10 Å². The van der Waals surface area contributed by atoms with Crippen molar-refractivity contribution in [1.82, 2.24) is 14.8 Å². The van der Waals surface area contributed by atoms with E-state index in [-0.39, 0.29) is 70.0 Å². The molecule has 1 spiro atoms. The molecule has 7 unspecified atom stereocenters. The number of nitrogen functional groups attached to an aromatic ring is 1. The van der Waals surface area contributed by atoms with Crippen LogP contribution in [0.2, 0.25) is 0 Å². The smallest absolute Gasteiger partial charge is 0.343 e. The standard InChI is InChI=1S/C54H66N4O15/c1-26(2)11-10-20-52(8)21-19-33-44(72-52)32(17-12-27(3)4)46-37(45(33)71-49(66)30-13-15-31(16-14-30)69-50-43(63)42(62)40(60)36(24-59)70-50)41(61)38-39(58-25-56-51(55)57-58)34-23-35(28(5)6)54(38,73-46)53(67,47(34)64)22-18-29(7)48(65)68-9/h11-16,18-19,21,25,28,34-36,38-40,42-43,50,59-60,62-63,67H,10,17,20,22-24H2,1-9H3,(H2,55,57)/t34?,35?,36-,38?,39?,40-,42+,43-,50-,52?,53?,54?/m0/s1. The topological polar surface area (TPSA) is 282 Å². The van der Waals surface area contributed by atoms with Crippen LogP contribution in [0.1, 0.15) is 119 Å². The average molecular weight is 1010 g/mol. The number of aromatic nitrogens is 3. The minimum absolute atomic E-state index is 0.00881. The Morgan fingerprint density at radius 1 is 0.973 bits per heavy atom. The van der Waals surface area contributed by atoms with Gasteiger partial charge in [-0.3, -0.25) is 9.59 Å². The number of allylic oxidation sites excluding steroid dienone is 4. The van der Waals surface area contributed by atoms with Crippen molar-refractivity contribution >= 4 is 35.5 Å². The second kappa shape index (κ2) is 20.2. The van der Waals surface area contributed by atoms with Crippen molar-refractivity contribution in [2.45, 2.75) is 141 Å². The van der Waals surface area contributed by atoms with E-state index in [4.69, 9.17) is 34.2 Å². The molecule has 0 amide bonds. The first-order valence-electron chi connectivity index (χ1n) is 24.6. The third-order valence-corrected chi connectivity index (χ3v) is 15.0. The molecule has 3 aliphatic heterocycles. The molecule has 12 atom stereocenters. The van der Waals surface area contributed by atoms with E-state index in [0.717, 1.165) is 11.1 Å². The Labute approximate surface area is 423 Å². The summed E-state index contributed by atoms with van der Waals surface area (Å²) >= 11 is 0. The van der Waals surface area contributed by atoms with Crippen LogP contribution in [0.25, 0.3) is 6.08 Å². The summed E-state index contributed by atoms with van der Waals surface area (Å²) in [7, 11) is 1.22. The van der Waals surface area contributed by atoms with Crippen LogP contribution in [-0.4, -0.2) is 125 Å². The summed E-state index contributed by atoms with van der Waals surface area (Å²) < 4.78 is 38.6. The van der Waals surface area contributed by atoms with Gasteiger partial charge in [0.05, 0.1) is 36.8 Å². The van der Waals surface area contributed by atoms with Gasteiger partial charge in [-0.1, -0.05) is 43.2 Å². The van der Waals surface area contributed by atoms with Crippen molar-refractivity contribution in [2.24, 2.45) is 23.7 Å². The number of esters is 2. The van der Waals surface area contributed by atoms with Crippen molar-refractivity contribution in [3.8, 4) is 23.0 Å². The number of Topliss-reactive ketones (excluding diaryl/α,β-unsaturated/α-hetero) is 2. The summed E-state index contributed by atoms with van der Waals surface area (Å²) in [6, 6.07) is 4.42. The molecule has 3 saturated carbocycles.